The fraction of sp³-hybridized carbons (Fsp3) is 0.118. The van der Waals surface area contributed by atoms with E-state index in [1.165, 1.54) is 6.07 Å². The van der Waals surface area contributed by atoms with Crippen LogP contribution in [0.25, 0.3) is 10.8 Å². The average molecular weight is 378 g/mol. The number of aromatic amines is 1. The second-order valence-electron chi connectivity index (χ2n) is 5.37. The molecule has 1 aromatic heterocycles. The number of nitrogens with one attached hydrogen (secondary N) is 2. The van der Waals surface area contributed by atoms with Crippen LogP contribution in [0, 0.1) is 0 Å². The largest absolute Gasteiger partial charge is 0.325 e. The van der Waals surface area contributed by atoms with Gasteiger partial charge in [0.2, 0.25) is 5.91 Å². The highest BCUT2D eigenvalue weighted by atomic mass is 35.5. The summed E-state index contributed by atoms with van der Waals surface area (Å²) in [7, 11) is 0. The van der Waals surface area contributed by atoms with Crippen LogP contribution in [0.1, 0.15) is 6.42 Å². The molecule has 0 saturated carbocycles. The number of H-pyrrole nitrogens is 1. The van der Waals surface area contributed by atoms with E-state index >= 15 is 0 Å². The summed E-state index contributed by atoms with van der Waals surface area (Å²) in [5.74, 6) is -0.342. The minimum absolute atomic E-state index is 0.00680. The van der Waals surface area contributed by atoms with E-state index in [-0.39, 0.29) is 30.0 Å². The molecule has 8 heteroatoms. The van der Waals surface area contributed by atoms with Gasteiger partial charge in [0.15, 0.2) is 0 Å². The first-order valence-electron chi connectivity index (χ1n) is 7.42. The number of nitrogens with zero attached hydrogens (tertiary/aromatic N) is 1. The minimum atomic E-state index is -0.378. The Bertz CT molecular complexity index is 1070. The Labute approximate surface area is 152 Å². The molecular weight excluding hydrogens is 365 g/mol. The first-order chi connectivity index (χ1) is 12.0. The summed E-state index contributed by atoms with van der Waals surface area (Å²) in [6.45, 7) is 0.0376. The van der Waals surface area contributed by atoms with Crippen LogP contribution < -0.4 is 16.4 Å². The van der Waals surface area contributed by atoms with Gasteiger partial charge in [-0.3, -0.25) is 19.5 Å². The van der Waals surface area contributed by atoms with Gasteiger partial charge in [-0.05, 0) is 30.3 Å². The molecule has 128 valence electrons. The summed E-state index contributed by atoms with van der Waals surface area (Å²) in [5, 5.41) is 6.53. The third-order valence-corrected chi connectivity index (χ3v) is 4.20. The van der Waals surface area contributed by atoms with Crippen molar-refractivity contribution < 1.29 is 4.79 Å². The molecule has 0 atom stereocenters. The Hall–Kier alpha value is -2.57. The highest BCUT2D eigenvalue weighted by Crippen LogP contribution is 2.25. The maximum Gasteiger partial charge on any atom is 0.273 e. The molecule has 25 heavy (non-hydrogen) atoms. The van der Waals surface area contributed by atoms with Crippen LogP contribution in [0.5, 0.6) is 0 Å². The lowest BCUT2D eigenvalue weighted by Crippen LogP contribution is -2.31. The van der Waals surface area contributed by atoms with Crippen LogP contribution in [-0.2, 0) is 11.3 Å². The van der Waals surface area contributed by atoms with Crippen molar-refractivity contribution >= 4 is 45.6 Å². The van der Waals surface area contributed by atoms with Gasteiger partial charge in [-0.15, -0.1) is 0 Å². The van der Waals surface area contributed by atoms with E-state index in [0.29, 0.717) is 26.5 Å². The molecule has 0 aliphatic carbocycles. The van der Waals surface area contributed by atoms with Crippen molar-refractivity contribution in [1.82, 2.24) is 9.78 Å². The Morgan fingerprint density at radius 1 is 1.08 bits per heavy atom. The second-order valence-corrected chi connectivity index (χ2v) is 6.21. The number of benzene rings is 2. The van der Waals surface area contributed by atoms with Crippen molar-refractivity contribution in [2.45, 2.75) is 13.0 Å². The molecule has 0 aliphatic rings. The van der Waals surface area contributed by atoms with Gasteiger partial charge in [0.1, 0.15) is 0 Å². The van der Waals surface area contributed by atoms with Gasteiger partial charge < -0.3 is 5.32 Å². The number of hydrogen-bond acceptors (Lipinski definition) is 3. The first kappa shape index (κ1) is 17.3. The molecule has 1 heterocycles. The van der Waals surface area contributed by atoms with Gasteiger partial charge in [-0.25, -0.2) is 4.68 Å². The summed E-state index contributed by atoms with van der Waals surface area (Å²) >= 11 is 11.8. The van der Waals surface area contributed by atoms with E-state index in [4.69, 9.17) is 23.2 Å². The monoisotopic (exact) mass is 377 g/mol. The number of carbonyl (C=O) groups is 1. The molecule has 3 aromatic rings. The second kappa shape index (κ2) is 7.13. The molecule has 0 spiro atoms. The number of fused-ring (bicyclic) bond motifs is 1. The van der Waals surface area contributed by atoms with E-state index < -0.39 is 0 Å². The summed E-state index contributed by atoms with van der Waals surface area (Å²) in [6.07, 6.45) is -0.00680. The number of hydrogen-bond donors (Lipinski definition) is 2. The Morgan fingerprint density at radius 2 is 1.80 bits per heavy atom. The summed E-state index contributed by atoms with van der Waals surface area (Å²) < 4.78 is 1.13. The molecule has 0 radical (unpaired) electrons. The fourth-order valence-electron chi connectivity index (χ4n) is 2.42. The molecule has 2 N–H and O–H groups in total. The van der Waals surface area contributed by atoms with Crippen molar-refractivity contribution in [2.75, 3.05) is 5.32 Å². The number of halogens is 2. The Kier molecular flexibility index (Phi) is 4.92. The summed E-state index contributed by atoms with van der Waals surface area (Å²) in [4.78, 5) is 36.5. The first-order valence-corrected chi connectivity index (χ1v) is 8.18. The summed E-state index contributed by atoms with van der Waals surface area (Å²) in [5.41, 5.74) is -0.306. The molecule has 1 amide bonds. The lowest BCUT2D eigenvalue weighted by Gasteiger charge is -2.09. The topological polar surface area (TPSA) is 84.0 Å². The standard InChI is InChI=1S/C17H13Cl2N3O3/c18-10-5-6-14(13(19)9-10)20-15(23)7-8-22-17(25)12-4-2-1-3-11(12)16(24)21-22/h1-6,9H,7-8H2,(H,20,23)(H,21,24). The van der Waals surface area contributed by atoms with Gasteiger partial charge in [0.25, 0.3) is 11.1 Å². The molecule has 2 aromatic carbocycles. The van der Waals surface area contributed by atoms with Crippen LogP contribution in [0.3, 0.4) is 0 Å². The van der Waals surface area contributed by atoms with Gasteiger partial charge in [0, 0.05) is 11.4 Å². The zero-order chi connectivity index (χ0) is 18.0. The van der Waals surface area contributed by atoms with E-state index in [2.05, 4.69) is 10.4 Å². The molecular formula is C17H13Cl2N3O3. The van der Waals surface area contributed by atoms with Crippen LogP contribution in [0.2, 0.25) is 10.0 Å². The Balaban J connectivity index is 1.76. The SMILES string of the molecule is O=C(CCn1[nH]c(=O)c2ccccc2c1=O)Nc1ccc(Cl)cc1Cl. The molecule has 6 nitrogen and oxygen atoms in total. The zero-order valence-electron chi connectivity index (χ0n) is 12.9. The van der Waals surface area contributed by atoms with Gasteiger partial charge >= 0.3 is 0 Å². The fourth-order valence-corrected chi connectivity index (χ4v) is 2.88. The van der Waals surface area contributed by atoms with Crippen molar-refractivity contribution in [1.29, 1.82) is 0 Å². The minimum Gasteiger partial charge on any atom is -0.325 e. The van der Waals surface area contributed by atoms with Crippen LogP contribution in [0.4, 0.5) is 5.69 Å². The predicted octanol–water partition coefficient (Wildman–Crippen LogP) is 3.03. The molecule has 3 rings (SSSR count). The quantitative estimate of drug-likeness (QED) is 0.732. The van der Waals surface area contributed by atoms with Crippen molar-refractivity contribution in [3.63, 3.8) is 0 Å². The molecule has 0 fully saturated rings. The van der Waals surface area contributed by atoms with Crippen molar-refractivity contribution in [3.05, 3.63) is 73.2 Å². The lowest BCUT2D eigenvalue weighted by molar-refractivity contribution is -0.116. The predicted molar refractivity (Wildman–Crippen MR) is 98.5 cm³/mol. The van der Waals surface area contributed by atoms with E-state index in [9.17, 15) is 14.4 Å². The normalized spacial score (nSPS) is 10.8. The maximum absolute atomic E-state index is 12.4. The van der Waals surface area contributed by atoms with Gasteiger partial charge in [-0.2, -0.15) is 0 Å². The number of carbonyl (C=O) groups excluding carboxylic acids is 1. The number of amides is 1. The van der Waals surface area contributed by atoms with Crippen LogP contribution in [0.15, 0.2) is 52.1 Å². The van der Waals surface area contributed by atoms with Crippen molar-refractivity contribution in [3.8, 4) is 0 Å². The molecule has 0 saturated heterocycles. The number of aromatic nitrogens is 2. The summed E-state index contributed by atoms with van der Waals surface area (Å²) in [6, 6.07) is 11.2. The third kappa shape index (κ3) is 3.75. The zero-order valence-corrected chi connectivity index (χ0v) is 14.4. The van der Waals surface area contributed by atoms with Gasteiger partial charge in [0.05, 0.1) is 28.0 Å². The van der Waals surface area contributed by atoms with E-state index in [0.717, 1.165) is 4.68 Å². The maximum atomic E-state index is 12.4. The Morgan fingerprint density at radius 3 is 2.52 bits per heavy atom. The number of anilines is 1. The molecule has 0 aliphatic heterocycles. The molecule has 0 unspecified atom stereocenters. The van der Waals surface area contributed by atoms with Crippen LogP contribution in [-0.4, -0.2) is 15.7 Å². The van der Waals surface area contributed by atoms with E-state index in [1.807, 2.05) is 0 Å². The smallest absolute Gasteiger partial charge is 0.273 e. The van der Waals surface area contributed by atoms with Crippen LogP contribution >= 0.6 is 23.2 Å². The number of aryl methyl sites for hydroxylation is 1. The van der Waals surface area contributed by atoms with Crippen molar-refractivity contribution in [2.24, 2.45) is 0 Å². The number of rotatable bonds is 4. The molecule has 0 bridgehead atoms. The lowest BCUT2D eigenvalue weighted by atomic mass is 10.2. The van der Waals surface area contributed by atoms with E-state index in [1.54, 1.807) is 36.4 Å². The highest BCUT2D eigenvalue weighted by molar-refractivity contribution is 6.36. The third-order valence-electron chi connectivity index (χ3n) is 3.65. The van der Waals surface area contributed by atoms with Gasteiger partial charge in [-0.1, -0.05) is 35.3 Å². The highest BCUT2D eigenvalue weighted by Gasteiger charge is 2.10. The average Bonchev–Trinajstić information content (AvgIpc) is 2.59.